The Morgan fingerprint density at radius 1 is 1.06 bits per heavy atom. The molecule has 0 radical (unpaired) electrons. The number of carbonyl (C=O) groups is 2. The van der Waals surface area contributed by atoms with Crippen LogP contribution in [0.2, 0.25) is 0 Å². The van der Waals surface area contributed by atoms with E-state index in [1.807, 2.05) is 45.0 Å². The van der Waals surface area contributed by atoms with E-state index in [2.05, 4.69) is 77.9 Å². The van der Waals surface area contributed by atoms with Gasteiger partial charge >= 0.3 is 0 Å². The van der Waals surface area contributed by atoms with Crippen molar-refractivity contribution in [1.29, 1.82) is 0 Å². The minimum absolute atomic E-state index is 0.253. The van der Waals surface area contributed by atoms with Gasteiger partial charge in [0.1, 0.15) is 19.6 Å². The summed E-state index contributed by atoms with van der Waals surface area (Å²) in [6, 6.07) is 10.4. The molecule has 0 atom stereocenters. The molecule has 0 aromatic heterocycles. The molecule has 0 saturated carbocycles. The predicted molar refractivity (Wildman–Crippen MR) is 196 cm³/mol. The van der Waals surface area contributed by atoms with Crippen LogP contribution in [0.5, 0.6) is 0 Å². The molecular formula is C39H54N4O4. The fraction of sp³-hybridized carbons (Fsp3) is 0.385. The number of rotatable bonds is 19. The molecule has 2 amide bonds. The minimum Gasteiger partial charge on any atom is -0.397 e. The second kappa shape index (κ2) is 25.6. The lowest BCUT2D eigenvalue weighted by Gasteiger charge is -2.16. The third kappa shape index (κ3) is 16.0. The average molecular weight is 643 g/mol. The van der Waals surface area contributed by atoms with E-state index in [0.29, 0.717) is 24.8 Å². The van der Waals surface area contributed by atoms with Crippen molar-refractivity contribution in [3.8, 4) is 0 Å². The maximum atomic E-state index is 11.2. The van der Waals surface area contributed by atoms with Crippen molar-refractivity contribution in [3.63, 3.8) is 0 Å². The number of aliphatic imine (C=N–C) groups is 1. The zero-order valence-electron chi connectivity index (χ0n) is 28.9. The molecule has 0 aliphatic heterocycles. The van der Waals surface area contributed by atoms with Crippen LogP contribution < -0.4 is 10.6 Å². The third-order valence-electron chi connectivity index (χ3n) is 7.25. The Morgan fingerprint density at radius 3 is 2.45 bits per heavy atom. The number of aliphatic hydroxyl groups is 1. The normalized spacial score (nSPS) is 14.2. The van der Waals surface area contributed by atoms with Crippen molar-refractivity contribution in [2.75, 3.05) is 13.7 Å². The van der Waals surface area contributed by atoms with Crippen LogP contribution in [0, 0.1) is 0 Å². The smallest absolute Gasteiger partial charge is 0.212 e. The number of oxime groups is 1. The summed E-state index contributed by atoms with van der Waals surface area (Å²) in [5, 5.41) is 18.9. The fourth-order valence-corrected chi connectivity index (χ4v) is 4.84. The Morgan fingerprint density at radius 2 is 1.81 bits per heavy atom. The van der Waals surface area contributed by atoms with Gasteiger partial charge in [-0.3, -0.25) is 9.59 Å². The second-order valence-electron chi connectivity index (χ2n) is 10.5. The summed E-state index contributed by atoms with van der Waals surface area (Å²) in [6.45, 7) is 12.0. The van der Waals surface area contributed by atoms with Gasteiger partial charge in [0, 0.05) is 11.3 Å². The summed E-state index contributed by atoms with van der Waals surface area (Å²) in [7, 11) is 1.43. The lowest BCUT2D eigenvalue weighted by molar-refractivity contribution is -0.109. The van der Waals surface area contributed by atoms with Gasteiger partial charge in [-0.2, -0.15) is 0 Å². The van der Waals surface area contributed by atoms with Crippen molar-refractivity contribution in [3.05, 3.63) is 119 Å². The highest BCUT2D eigenvalue weighted by Crippen LogP contribution is 2.29. The van der Waals surface area contributed by atoms with Gasteiger partial charge in [0.2, 0.25) is 12.8 Å². The van der Waals surface area contributed by atoms with Crippen LogP contribution in [-0.4, -0.2) is 43.3 Å². The molecule has 0 heterocycles. The number of aliphatic hydroxyl groups excluding tert-OH is 1. The molecule has 3 N–H and O–H groups in total. The lowest BCUT2D eigenvalue weighted by atomic mass is 9.93. The summed E-state index contributed by atoms with van der Waals surface area (Å²) < 4.78 is 0. The molecule has 1 aromatic carbocycles. The standard InChI is InChI=1S/C37H48N4O4.C2H6/c1-5-7-10-18-33(29(3)37(39-28-44)41-45-4)24-31-16-13-17-32(21-20-31)25-34(23-22-30-14-11-9-12-15-30)35(19-8-6-2)40-36(26-42)38-27-43;1-2/h5,7,9,11-16,18,20-21,27-28,42H,3,6,8,10,17,19,22-26H2,1-2,4H3,(H,38,40,43)(H,39,41,44);1-2H3/b7-5-,33-18-,35-34+;. The quantitative estimate of drug-likeness (QED) is 0.0355. The summed E-state index contributed by atoms with van der Waals surface area (Å²) in [5.41, 5.74) is 7.22. The number of amides is 2. The van der Waals surface area contributed by atoms with E-state index in [4.69, 9.17) is 9.83 Å². The van der Waals surface area contributed by atoms with Gasteiger partial charge < -0.3 is 20.6 Å². The van der Waals surface area contributed by atoms with Gasteiger partial charge in [0.25, 0.3) is 0 Å². The van der Waals surface area contributed by atoms with Crippen molar-refractivity contribution in [1.82, 2.24) is 10.6 Å². The average Bonchev–Trinajstić information content (AvgIpc) is 3.33. The molecule has 8 nitrogen and oxygen atoms in total. The number of hydrogen-bond acceptors (Lipinski definition) is 6. The van der Waals surface area contributed by atoms with Gasteiger partial charge in [0.05, 0.1) is 0 Å². The Kier molecular flexibility index (Phi) is 22.0. The summed E-state index contributed by atoms with van der Waals surface area (Å²) in [5.74, 6) is 0.525. The summed E-state index contributed by atoms with van der Waals surface area (Å²) in [4.78, 5) is 32.0. The first kappa shape index (κ1) is 40.5. The van der Waals surface area contributed by atoms with Crippen LogP contribution in [0.25, 0.3) is 0 Å². The van der Waals surface area contributed by atoms with E-state index >= 15 is 0 Å². The SMILES string of the molecule is C=C(/C(=C\C/C=C\C)CC1=CC=C(C/C(CCc2ccccc2)=C(\CCCC)N=C(CO)NC=O)CC=C1)/C(=N/OC)NC=O.CC. The highest BCUT2D eigenvalue weighted by atomic mass is 16.6. The molecule has 254 valence electrons. The van der Waals surface area contributed by atoms with Crippen molar-refractivity contribution < 1.29 is 19.5 Å². The number of amidine groups is 2. The number of allylic oxidation sites excluding steroid dienone is 11. The molecule has 47 heavy (non-hydrogen) atoms. The number of nitrogens with one attached hydrogen (secondary N) is 2. The van der Waals surface area contributed by atoms with Gasteiger partial charge in [-0.15, -0.1) is 0 Å². The molecule has 1 aliphatic rings. The van der Waals surface area contributed by atoms with E-state index in [1.165, 1.54) is 23.8 Å². The molecule has 0 bridgehead atoms. The Balaban J connectivity index is 0.00000541. The summed E-state index contributed by atoms with van der Waals surface area (Å²) in [6.07, 6.45) is 23.1. The van der Waals surface area contributed by atoms with E-state index in [0.717, 1.165) is 68.2 Å². The monoisotopic (exact) mass is 642 g/mol. The van der Waals surface area contributed by atoms with Gasteiger partial charge in [-0.05, 0) is 80.6 Å². The van der Waals surface area contributed by atoms with Crippen LogP contribution in [0.1, 0.15) is 84.6 Å². The van der Waals surface area contributed by atoms with Crippen LogP contribution in [0.4, 0.5) is 0 Å². The number of hydrogen-bond donors (Lipinski definition) is 3. The lowest BCUT2D eigenvalue weighted by Crippen LogP contribution is -2.25. The summed E-state index contributed by atoms with van der Waals surface area (Å²) >= 11 is 0. The largest absolute Gasteiger partial charge is 0.397 e. The first-order valence-corrected chi connectivity index (χ1v) is 16.5. The third-order valence-corrected chi connectivity index (χ3v) is 7.25. The molecule has 0 unspecified atom stereocenters. The van der Waals surface area contributed by atoms with Crippen LogP contribution in [0.15, 0.2) is 123 Å². The zero-order valence-corrected chi connectivity index (χ0v) is 28.9. The van der Waals surface area contributed by atoms with E-state index in [1.54, 1.807) is 0 Å². The van der Waals surface area contributed by atoms with Crippen LogP contribution >= 0.6 is 0 Å². The topological polar surface area (TPSA) is 112 Å². The molecule has 2 rings (SSSR count). The highest BCUT2D eigenvalue weighted by Gasteiger charge is 2.15. The first-order chi connectivity index (χ1) is 23.0. The van der Waals surface area contributed by atoms with Gasteiger partial charge in [-0.25, -0.2) is 4.99 Å². The predicted octanol–water partition coefficient (Wildman–Crippen LogP) is 7.97. The van der Waals surface area contributed by atoms with E-state index in [9.17, 15) is 14.7 Å². The second-order valence-corrected chi connectivity index (χ2v) is 10.5. The fourth-order valence-electron chi connectivity index (χ4n) is 4.84. The molecule has 1 aromatic rings. The minimum atomic E-state index is -0.341. The van der Waals surface area contributed by atoms with Gasteiger partial charge in [0.15, 0.2) is 5.84 Å². The first-order valence-electron chi connectivity index (χ1n) is 16.5. The number of carbonyl (C=O) groups excluding carboxylic acids is 2. The van der Waals surface area contributed by atoms with E-state index < -0.39 is 0 Å². The highest BCUT2D eigenvalue weighted by molar-refractivity contribution is 6.05. The Hall–Kier alpha value is -4.56. The molecule has 1 aliphatic carbocycles. The number of benzene rings is 1. The molecule has 0 spiro atoms. The maximum absolute atomic E-state index is 11.2. The van der Waals surface area contributed by atoms with E-state index in [-0.39, 0.29) is 18.3 Å². The molecule has 8 heteroatoms. The molecule has 0 saturated heterocycles. The zero-order chi connectivity index (χ0) is 34.7. The van der Waals surface area contributed by atoms with Crippen LogP contribution in [-0.2, 0) is 20.8 Å². The number of unbranched alkanes of at least 4 members (excludes halogenated alkanes) is 1. The van der Waals surface area contributed by atoms with Gasteiger partial charge in [-0.1, -0.05) is 117 Å². The molecular weight excluding hydrogens is 588 g/mol. The van der Waals surface area contributed by atoms with Crippen molar-refractivity contribution in [2.24, 2.45) is 10.1 Å². The Labute approximate surface area is 282 Å². The number of aryl methyl sites for hydroxylation is 1. The van der Waals surface area contributed by atoms with Crippen molar-refractivity contribution in [2.45, 2.75) is 85.5 Å². The Bertz CT molecular complexity index is 1360. The maximum Gasteiger partial charge on any atom is 0.212 e. The molecule has 0 fully saturated rings. The van der Waals surface area contributed by atoms with Crippen LogP contribution in [0.3, 0.4) is 0 Å². The van der Waals surface area contributed by atoms with Crippen molar-refractivity contribution >= 4 is 24.5 Å². The number of nitrogens with zero attached hydrogens (tertiary/aromatic N) is 2.